The highest BCUT2D eigenvalue weighted by molar-refractivity contribution is 5.94. The monoisotopic (exact) mass is 350 g/mol. The molecule has 0 spiro atoms. The van der Waals surface area contributed by atoms with Crippen molar-refractivity contribution in [1.82, 2.24) is 20.5 Å². The molecule has 1 fully saturated rings. The van der Waals surface area contributed by atoms with Crippen LogP contribution in [0.3, 0.4) is 0 Å². The van der Waals surface area contributed by atoms with E-state index in [-0.39, 0.29) is 30.0 Å². The summed E-state index contributed by atoms with van der Waals surface area (Å²) in [6.07, 6.45) is 0.279. The Hall–Kier alpha value is -3.22. The first kappa shape index (κ1) is 16.3. The Morgan fingerprint density at radius 1 is 1.23 bits per heavy atom. The Kier molecular flexibility index (Phi) is 4.12. The Labute approximate surface area is 149 Å². The van der Waals surface area contributed by atoms with Crippen molar-refractivity contribution in [3.63, 3.8) is 0 Å². The lowest BCUT2D eigenvalue weighted by molar-refractivity contribution is -0.128. The third-order valence-corrected chi connectivity index (χ3v) is 4.66. The molecule has 2 aromatic carbocycles. The SMILES string of the molecule is Cc1nonc1C(=O)N[C@@H]1CC(=O)N(Cc2cccc3ccccc23)C1. The van der Waals surface area contributed by atoms with Gasteiger partial charge < -0.3 is 10.2 Å². The number of hydrogen-bond donors (Lipinski definition) is 1. The van der Waals surface area contributed by atoms with Crippen molar-refractivity contribution in [2.75, 3.05) is 6.54 Å². The molecule has 2 amide bonds. The molecule has 1 aliphatic rings. The summed E-state index contributed by atoms with van der Waals surface area (Å²) in [5.41, 5.74) is 1.68. The summed E-state index contributed by atoms with van der Waals surface area (Å²) in [6.45, 7) is 2.65. The molecule has 0 saturated carbocycles. The standard InChI is InChI=1S/C19H18N4O3/c1-12-18(22-26-21-12)19(25)20-15-9-17(24)23(11-15)10-14-7-4-6-13-5-2-3-8-16(13)14/h2-8,15H,9-11H2,1H3,(H,20,25)/t15-/m1/s1. The fraction of sp³-hybridized carbons (Fsp3) is 0.263. The molecular formula is C19H18N4O3. The van der Waals surface area contributed by atoms with E-state index in [2.05, 4.69) is 38.5 Å². The van der Waals surface area contributed by atoms with E-state index >= 15 is 0 Å². The van der Waals surface area contributed by atoms with E-state index in [0.717, 1.165) is 16.3 Å². The summed E-state index contributed by atoms with van der Waals surface area (Å²) in [5.74, 6) is -0.341. The molecule has 4 rings (SSSR count). The number of carbonyl (C=O) groups excluding carboxylic acids is 2. The molecule has 3 aromatic rings. The molecule has 1 aliphatic heterocycles. The second-order valence-electron chi connectivity index (χ2n) is 6.49. The molecule has 0 radical (unpaired) electrons. The largest absolute Gasteiger partial charge is 0.345 e. The molecule has 132 valence electrons. The minimum Gasteiger partial charge on any atom is -0.345 e. The summed E-state index contributed by atoms with van der Waals surface area (Å²) in [5, 5.41) is 12.3. The molecule has 2 heterocycles. The van der Waals surface area contributed by atoms with Crippen LogP contribution in [0, 0.1) is 6.92 Å². The van der Waals surface area contributed by atoms with Crippen LogP contribution in [-0.2, 0) is 11.3 Å². The Balaban J connectivity index is 1.46. The summed E-state index contributed by atoms with van der Waals surface area (Å²) in [4.78, 5) is 26.4. The number of likely N-dealkylation sites (tertiary alicyclic amines) is 1. The number of nitrogens with one attached hydrogen (secondary N) is 1. The van der Waals surface area contributed by atoms with Crippen LogP contribution in [0.1, 0.15) is 28.2 Å². The highest BCUT2D eigenvalue weighted by Gasteiger charge is 2.31. The van der Waals surface area contributed by atoms with Gasteiger partial charge in [-0.2, -0.15) is 0 Å². The van der Waals surface area contributed by atoms with Gasteiger partial charge in [-0.05, 0) is 28.4 Å². The van der Waals surface area contributed by atoms with Crippen LogP contribution >= 0.6 is 0 Å². The van der Waals surface area contributed by atoms with Gasteiger partial charge in [0.25, 0.3) is 5.91 Å². The van der Waals surface area contributed by atoms with E-state index in [9.17, 15) is 9.59 Å². The zero-order valence-electron chi connectivity index (χ0n) is 14.3. The average Bonchev–Trinajstić information content (AvgIpc) is 3.21. The molecule has 1 atom stereocenters. The Bertz CT molecular complexity index is 976. The molecule has 1 N–H and O–H groups in total. The fourth-order valence-electron chi connectivity index (χ4n) is 3.35. The van der Waals surface area contributed by atoms with E-state index in [1.807, 2.05) is 24.3 Å². The number of nitrogens with zero attached hydrogens (tertiary/aromatic N) is 3. The van der Waals surface area contributed by atoms with Gasteiger partial charge >= 0.3 is 0 Å². The maximum Gasteiger partial charge on any atom is 0.275 e. The van der Waals surface area contributed by atoms with Gasteiger partial charge in [-0.25, -0.2) is 4.63 Å². The second kappa shape index (κ2) is 6.59. The van der Waals surface area contributed by atoms with Crippen molar-refractivity contribution in [2.45, 2.75) is 25.9 Å². The molecule has 7 heteroatoms. The minimum atomic E-state index is -0.367. The van der Waals surface area contributed by atoms with Crippen molar-refractivity contribution in [3.05, 3.63) is 59.4 Å². The fourth-order valence-corrected chi connectivity index (χ4v) is 3.35. The van der Waals surface area contributed by atoms with Crippen LogP contribution in [0.25, 0.3) is 10.8 Å². The predicted octanol–water partition coefficient (Wildman–Crippen LogP) is 2.06. The quantitative estimate of drug-likeness (QED) is 0.778. The van der Waals surface area contributed by atoms with Crippen LogP contribution < -0.4 is 5.32 Å². The minimum absolute atomic E-state index is 0.0261. The van der Waals surface area contributed by atoms with Crippen molar-refractivity contribution < 1.29 is 14.2 Å². The molecule has 26 heavy (non-hydrogen) atoms. The van der Waals surface area contributed by atoms with Gasteiger partial charge in [0.2, 0.25) is 5.91 Å². The van der Waals surface area contributed by atoms with Crippen LogP contribution in [0.2, 0.25) is 0 Å². The number of amides is 2. The highest BCUT2D eigenvalue weighted by atomic mass is 16.6. The number of hydrogen-bond acceptors (Lipinski definition) is 5. The zero-order valence-corrected chi connectivity index (χ0v) is 14.3. The zero-order chi connectivity index (χ0) is 18.1. The third kappa shape index (κ3) is 3.03. The maximum absolute atomic E-state index is 12.4. The van der Waals surface area contributed by atoms with Crippen molar-refractivity contribution >= 4 is 22.6 Å². The number of benzene rings is 2. The van der Waals surface area contributed by atoms with Gasteiger partial charge in [-0.1, -0.05) is 47.6 Å². The summed E-state index contributed by atoms with van der Waals surface area (Å²) in [7, 11) is 0. The maximum atomic E-state index is 12.4. The second-order valence-corrected chi connectivity index (χ2v) is 6.49. The summed E-state index contributed by atoms with van der Waals surface area (Å²) >= 11 is 0. The first-order valence-electron chi connectivity index (χ1n) is 8.46. The average molecular weight is 350 g/mol. The topological polar surface area (TPSA) is 88.3 Å². The molecule has 1 aromatic heterocycles. The molecule has 0 aliphatic carbocycles. The number of fused-ring (bicyclic) bond motifs is 1. The van der Waals surface area contributed by atoms with Crippen molar-refractivity contribution in [1.29, 1.82) is 0 Å². The van der Waals surface area contributed by atoms with Crippen molar-refractivity contribution in [2.24, 2.45) is 0 Å². The third-order valence-electron chi connectivity index (χ3n) is 4.66. The lowest BCUT2D eigenvalue weighted by Crippen LogP contribution is -2.37. The van der Waals surface area contributed by atoms with Gasteiger partial charge in [0, 0.05) is 19.5 Å². The summed E-state index contributed by atoms with van der Waals surface area (Å²) < 4.78 is 4.55. The number of aryl methyl sites for hydroxylation is 1. The highest BCUT2D eigenvalue weighted by Crippen LogP contribution is 2.22. The van der Waals surface area contributed by atoms with Crippen LogP contribution in [0.5, 0.6) is 0 Å². The summed E-state index contributed by atoms with van der Waals surface area (Å²) in [6, 6.07) is 14.0. The molecule has 0 bridgehead atoms. The van der Waals surface area contributed by atoms with Gasteiger partial charge in [0.05, 0.1) is 6.04 Å². The molecule has 1 saturated heterocycles. The Morgan fingerprint density at radius 2 is 2.04 bits per heavy atom. The van der Waals surface area contributed by atoms with Crippen molar-refractivity contribution in [3.8, 4) is 0 Å². The van der Waals surface area contributed by atoms with Gasteiger partial charge in [-0.3, -0.25) is 9.59 Å². The van der Waals surface area contributed by atoms with Crippen LogP contribution in [0.15, 0.2) is 47.1 Å². The van der Waals surface area contributed by atoms with Crippen LogP contribution in [0.4, 0.5) is 0 Å². The molecular weight excluding hydrogens is 332 g/mol. The van der Waals surface area contributed by atoms with Gasteiger partial charge in [0.1, 0.15) is 5.69 Å². The Morgan fingerprint density at radius 3 is 2.85 bits per heavy atom. The van der Waals surface area contributed by atoms with E-state index in [0.29, 0.717) is 18.8 Å². The van der Waals surface area contributed by atoms with E-state index < -0.39 is 0 Å². The lowest BCUT2D eigenvalue weighted by Gasteiger charge is -2.18. The van der Waals surface area contributed by atoms with Gasteiger partial charge in [0.15, 0.2) is 5.69 Å². The lowest BCUT2D eigenvalue weighted by atomic mass is 10.0. The smallest absolute Gasteiger partial charge is 0.275 e. The number of rotatable bonds is 4. The number of aromatic nitrogens is 2. The number of carbonyl (C=O) groups is 2. The first-order chi connectivity index (χ1) is 12.6. The van der Waals surface area contributed by atoms with E-state index in [1.54, 1.807) is 11.8 Å². The van der Waals surface area contributed by atoms with E-state index in [4.69, 9.17) is 0 Å². The predicted molar refractivity (Wildman–Crippen MR) is 94.3 cm³/mol. The molecule has 0 unspecified atom stereocenters. The van der Waals surface area contributed by atoms with Gasteiger partial charge in [-0.15, -0.1) is 0 Å². The van der Waals surface area contributed by atoms with E-state index in [1.165, 1.54) is 0 Å². The molecule has 7 nitrogen and oxygen atoms in total. The van der Waals surface area contributed by atoms with Crippen LogP contribution in [-0.4, -0.2) is 39.6 Å². The first-order valence-corrected chi connectivity index (χ1v) is 8.46. The normalized spacial score (nSPS) is 17.0.